The first-order valence-electron chi connectivity index (χ1n) is 7.37. The lowest BCUT2D eigenvalue weighted by atomic mass is 10.1. The molecule has 0 aromatic heterocycles. The number of halogens is 1. The summed E-state index contributed by atoms with van der Waals surface area (Å²) in [6, 6.07) is 12.3. The summed E-state index contributed by atoms with van der Waals surface area (Å²) in [6.45, 7) is 2.87. The maximum absolute atomic E-state index is 5.41. The predicted molar refractivity (Wildman–Crippen MR) is 95.5 cm³/mol. The molecule has 0 amide bonds. The van der Waals surface area contributed by atoms with E-state index in [1.54, 1.807) is 21.3 Å². The molecule has 124 valence electrons. The molecule has 5 heteroatoms. The molecule has 0 fully saturated rings. The van der Waals surface area contributed by atoms with Gasteiger partial charge in [-0.1, -0.05) is 34.1 Å². The van der Waals surface area contributed by atoms with Crippen LogP contribution in [0.1, 0.15) is 24.1 Å². The lowest BCUT2D eigenvalue weighted by Crippen LogP contribution is -2.18. The van der Waals surface area contributed by atoms with Gasteiger partial charge in [-0.3, -0.25) is 0 Å². The highest BCUT2D eigenvalue weighted by Gasteiger charge is 2.16. The zero-order valence-electron chi connectivity index (χ0n) is 13.9. The van der Waals surface area contributed by atoms with E-state index in [0.717, 1.165) is 16.6 Å². The second-order valence-electron chi connectivity index (χ2n) is 5.15. The van der Waals surface area contributed by atoms with Crippen molar-refractivity contribution in [2.24, 2.45) is 0 Å². The van der Waals surface area contributed by atoms with Crippen LogP contribution in [-0.4, -0.2) is 21.3 Å². The zero-order valence-corrected chi connectivity index (χ0v) is 15.4. The monoisotopic (exact) mass is 379 g/mol. The van der Waals surface area contributed by atoms with Crippen molar-refractivity contribution in [2.75, 3.05) is 21.3 Å². The minimum atomic E-state index is 0.135. The Hall–Kier alpha value is -1.72. The molecule has 0 saturated carbocycles. The lowest BCUT2D eigenvalue weighted by Gasteiger charge is -2.19. The molecule has 23 heavy (non-hydrogen) atoms. The minimum absolute atomic E-state index is 0.135. The summed E-state index contributed by atoms with van der Waals surface area (Å²) in [7, 11) is 4.86. The summed E-state index contributed by atoms with van der Waals surface area (Å²) >= 11 is 3.57. The Bertz CT molecular complexity index is 635. The Kier molecular flexibility index (Phi) is 6.30. The van der Waals surface area contributed by atoms with Crippen LogP contribution in [0.2, 0.25) is 0 Å². The van der Waals surface area contributed by atoms with Gasteiger partial charge in [0.25, 0.3) is 0 Å². The van der Waals surface area contributed by atoms with Gasteiger partial charge in [-0.25, -0.2) is 0 Å². The topological polar surface area (TPSA) is 39.7 Å². The maximum atomic E-state index is 5.41. The van der Waals surface area contributed by atoms with Crippen LogP contribution >= 0.6 is 15.9 Å². The largest absolute Gasteiger partial charge is 0.493 e. The smallest absolute Gasteiger partial charge is 0.203 e. The number of hydrogen-bond acceptors (Lipinski definition) is 4. The minimum Gasteiger partial charge on any atom is -0.493 e. The van der Waals surface area contributed by atoms with Crippen molar-refractivity contribution < 1.29 is 14.2 Å². The molecule has 0 spiro atoms. The molecule has 0 aliphatic carbocycles. The van der Waals surface area contributed by atoms with E-state index in [2.05, 4.69) is 34.2 Å². The lowest BCUT2D eigenvalue weighted by molar-refractivity contribution is 0.323. The Labute approximate surface area is 145 Å². The molecule has 0 aliphatic rings. The number of benzene rings is 2. The van der Waals surface area contributed by atoms with Crippen molar-refractivity contribution in [3.05, 3.63) is 52.0 Å². The van der Waals surface area contributed by atoms with E-state index in [0.29, 0.717) is 17.2 Å². The van der Waals surface area contributed by atoms with Crippen molar-refractivity contribution >= 4 is 15.9 Å². The average Bonchev–Trinajstić information content (AvgIpc) is 2.59. The van der Waals surface area contributed by atoms with Crippen LogP contribution in [0.25, 0.3) is 0 Å². The summed E-state index contributed by atoms with van der Waals surface area (Å²) in [5, 5.41) is 3.51. The van der Waals surface area contributed by atoms with Crippen LogP contribution in [0.15, 0.2) is 40.9 Å². The fourth-order valence-corrected chi connectivity index (χ4v) is 2.80. The van der Waals surface area contributed by atoms with E-state index in [-0.39, 0.29) is 6.04 Å². The quantitative estimate of drug-likeness (QED) is 0.777. The van der Waals surface area contributed by atoms with Crippen LogP contribution in [-0.2, 0) is 6.54 Å². The zero-order chi connectivity index (χ0) is 16.8. The second-order valence-corrected chi connectivity index (χ2v) is 6.01. The number of ether oxygens (including phenoxy) is 3. The Morgan fingerprint density at radius 3 is 2.13 bits per heavy atom. The van der Waals surface area contributed by atoms with Crippen LogP contribution in [0.4, 0.5) is 0 Å². The van der Waals surface area contributed by atoms with E-state index < -0.39 is 0 Å². The Morgan fingerprint density at radius 1 is 1.00 bits per heavy atom. The van der Waals surface area contributed by atoms with Crippen molar-refractivity contribution in [2.45, 2.75) is 19.5 Å². The van der Waals surface area contributed by atoms with Gasteiger partial charge < -0.3 is 19.5 Å². The predicted octanol–water partition coefficient (Wildman–Crippen LogP) is 4.33. The molecular formula is C18H22BrNO3. The van der Waals surface area contributed by atoms with Gasteiger partial charge in [0.15, 0.2) is 11.5 Å². The standard InChI is InChI=1S/C18H22BrNO3/c1-12(20-11-13-7-5-6-8-15(13)19)14-9-16(21-2)18(23-4)17(10-14)22-3/h5-10,12,20H,11H2,1-4H3. The molecule has 0 aliphatic heterocycles. The number of hydrogen-bond donors (Lipinski definition) is 1. The summed E-state index contributed by atoms with van der Waals surface area (Å²) < 4.78 is 17.3. The van der Waals surface area contributed by atoms with Crippen molar-refractivity contribution in [3.8, 4) is 17.2 Å². The summed E-state index contributed by atoms with van der Waals surface area (Å²) in [6.07, 6.45) is 0. The first kappa shape index (κ1) is 17.6. The van der Waals surface area contributed by atoms with Crippen molar-refractivity contribution in [1.82, 2.24) is 5.32 Å². The van der Waals surface area contributed by atoms with Gasteiger partial charge in [0.1, 0.15) is 0 Å². The number of methoxy groups -OCH3 is 3. The third-order valence-electron chi connectivity index (χ3n) is 3.74. The fourth-order valence-electron chi connectivity index (χ4n) is 2.37. The van der Waals surface area contributed by atoms with Gasteiger partial charge >= 0.3 is 0 Å². The highest BCUT2D eigenvalue weighted by Crippen LogP contribution is 2.39. The molecule has 2 rings (SSSR count). The molecule has 0 bridgehead atoms. The third kappa shape index (κ3) is 4.18. The first-order chi connectivity index (χ1) is 11.1. The summed E-state index contributed by atoms with van der Waals surface area (Å²) in [5.74, 6) is 1.93. The normalized spacial score (nSPS) is 11.9. The molecule has 1 N–H and O–H groups in total. The molecule has 4 nitrogen and oxygen atoms in total. The van der Waals surface area contributed by atoms with Crippen LogP contribution < -0.4 is 19.5 Å². The fraction of sp³-hybridized carbons (Fsp3) is 0.333. The molecule has 0 radical (unpaired) electrons. The van der Waals surface area contributed by atoms with Gasteiger partial charge in [-0.2, -0.15) is 0 Å². The maximum Gasteiger partial charge on any atom is 0.203 e. The summed E-state index contributed by atoms with van der Waals surface area (Å²) in [5.41, 5.74) is 2.29. The van der Waals surface area contributed by atoms with Crippen molar-refractivity contribution in [3.63, 3.8) is 0 Å². The average molecular weight is 380 g/mol. The van der Waals surface area contributed by atoms with Gasteiger partial charge in [0.05, 0.1) is 21.3 Å². The molecule has 1 atom stereocenters. The van der Waals surface area contributed by atoms with Gasteiger partial charge in [0, 0.05) is 17.1 Å². The molecule has 0 saturated heterocycles. The first-order valence-corrected chi connectivity index (χ1v) is 8.16. The highest BCUT2D eigenvalue weighted by molar-refractivity contribution is 9.10. The highest BCUT2D eigenvalue weighted by atomic mass is 79.9. The van der Waals surface area contributed by atoms with Gasteiger partial charge in [0.2, 0.25) is 5.75 Å². The third-order valence-corrected chi connectivity index (χ3v) is 4.52. The van der Waals surface area contributed by atoms with Crippen LogP contribution in [0.5, 0.6) is 17.2 Å². The van der Waals surface area contributed by atoms with Gasteiger partial charge in [-0.05, 0) is 36.2 Å². The Balaban J connectivity index is 2.19. The molecule has 0 heterocycles. The Morgan fingerprint density at radius 2 is 1.61 bits per heavy atom. The van der Waals surface area contributed by atoms with E-state index in [4.69, 9.17) is 14.2 Å². The van der Waals surface area contributed by atoms with Crippen molar-refractivity contribution in [1.29, 1.82) is 0 Å². The van der Waals surface area contributed by atoms with Crippen LogP contribution in [0, 0.1) is 0 Å². The van der Waals surface area contributed by atoms with Crippen LogP contribution in [0.3, 0.4) is 0 Å². The van der Waals surface area contributed by atoms with E-state index in [1.807, 2.05) is 30.3 Å². The number of nitrogens with one attached hydrogen (secondary N) is 1. The molecule has 2 aromatic rings. The number of rotatable bonds is 7. The second kappa shape index (κ2) is 8.22. The van der Waals surface area contributed by atoms with E-state index in [1.165, 1.54) is 5.56 Å². The SMILES string of the molecule is COc1cc(C(C)NCc2ccccc2Br)cc(OC)c1OC. The van der Waals surface area contributed by atoms with Gasteiger partial charge in [-0.15, -0.1) is 0 Å². The van der Waals surface area contributed by atoms with E-state index in [9.17, 15) is 0 Å². The molecular weight excluding hydrogens is 358 g/mol. The summed E-state index contributed by atoms with van der Waals surface area (Å²) in [4.78, 5) is 0. The molecule has 2 aromatic carbocycles. The molecule has 1 unspecified atom stereocenters. The van der Waals surface area contributed by atoms with E-state index >= 15 is 0 Å².